The van der Waals surface area contributed by atoms with Crippen LogP contribution in [-0.4, -0.2) is 4.57 Å². The first-order chi connectivity index (χ1) is 27.3. The van der Waals surface area contributed by atoms with Crippen molar-refractivity contribution in [2.75, 3.05) is 4.90 Å². The molecule has 0 N–H and O–H groups in total. The maximum Gasteiger partial charge on any atom is 0.143 e. The molecule has 0 saturated carbocycles. The minimum Gasteiger partial charge on any atom is -0.455 e. The zero-order valence-corrected chi connectivity index (χ0v) is 29.9. The molecular weight excluding hydrogens is 669 g/mol. The van der Waals surface area contributed by atoms with E-state index >= 15 is 0 Å². The van der Waals surface area contributed by atoms with Gasteiger partial charge in [-0.3, -0.25) is 0 Å². The van der Waals surface area contributed by atoms with Crippen LogP contribution in [0.3, 0.4) is 0 Å². The smallest absolute Gasteiger partial charge is 0.143 e. The second kappa shape index (κ2) is 12.6. The van der Waals surface area contributed by atoms with Crippen LogP contribution in [0.5, 0.6) is 0 Å². The molecule has 0 bridgehead atoms. The fourth-order valence-corrected chi connectivity index (χ4v) is 8.49. The Hall–Kier alpha value is -7.36. The van der Waals surface area contributed by atoms with E-state index in [4.69, 9.17) is 4.42 Å². The summed E-state index contributed by atoms with van der Waals surface area (Å²) in [5.41, 5.74) is 13.3. The highest BCUT2D eigenvalue weighted by Crippen LogP contribution is 2.44. The molecule has 0 saturated heterocycles. The van der Waals surface area contributed by atoms with Crippen molar-refractivity contribution in [1.29, 1.82) is 0 Å². The van der Waals surface area contributed by atoms with Crippen LogP contribution in [-0.2, 0) is 0 Å². The Bertz CT molecular complexity index is 3140. The zero-order chi connectivity index (χ0) is 36.3. The van der Waals surface area contributed by atoms with Gasteiger partial charge in [0.1, 0.15) is 11.2 Å². The van der Waals surface area contributed by atoms with Crippen molar-refractivity contribution in [3.63, 3.8) is 0 Å². The third kappa shape index (κ3) is 5.05. The largest absolute Gasteiger partial charge is 0.455 e. The van der Waals surface area contributed by atoms with Gasteiger partial charge in [0.05, 0.1) is 16.7 Å². The van der Waals surface area contributed by atoms with E-state index in [1.54, 1.807) is 0 Å². The van der Waals surface area contributed by atoms with Gasteiger partial charge < -0.3 is 13.9 Å². The van der Waals surface area contributed by atoms with Crippen molar-refractivity contribution in [1.82, 2.24) is 4.57 Å². The molecule has 0 amide bonds. The molecule has 0 fully saturated rings. The summed E-state index contributed by atoms with van der Waals surface area (Å²) >= 11 is 0. The van der Waals surface area contributed by atoms with Gasteiger partial charge in [-0.25, -0.2) is 0 Å². The molecule has 55 heavy (non-hydrogen) atoms. The van der Waals surface area contributed by atoms with Crippen molar-refractivity contribution in [3.8, 4) is 27.9 Å². The summed E-state index contributed by atoms with van der Waals surface area (Å²) in [6.07, 6.45) is 0. The summed E-state index contributed by atoms with van der Waals surface area (Å²) < 4.78 is 8.90. The van der Waals surface area contributed by atoms with Gasteiger partial charge in [0.15, 0.2) is 0 Å². The number of para-hydroxylation sites is 3. The molecule has 11 rings (SSSR count). The SMILES string of the molecule is c1ccc(-c2ccccc2N(c2ccc(-c3cccc4oc5c6ccccc6ccc5c34)cc2)c2ccc(-n3c4ccccc4c4ccccc43)cc2)cc1. The number of fused-ring (bicyclic) bond motifs is 8. The molecule has 0 unspecified atom stereocenters. The third-order valence-corrected chi connectivity index (χ3v) is 11.0. The molecule has 2 heterocycles. The Morgan fingerprint density at radius 1 is 0.382 bits per heavy atom. The van der Waals surface area contributed by atoms with Crippen LogP contribution < -0.4 is 4.90 Å². The van der Waals surface area contributed by atoms with E-state index in [-0.39, 0.29) is 0 Å². The second-order valence-corrected chi connectivity index (χ2v) is 14.1. The maximum absolute atomic E-state index is 6.53. The summed E-state index contributed by atoms with van der Waals surface area (Å²) in [4.78, 5) is 2.38. The topological polar surface area (TPSA) is 21.3 Å². The predicted octanol–water partition coefficient (Wildman–Crippen LogP) is 14.6. The van der Waals surface area contributed by atoms with Gasteiger partial charge in [-0.15, -0.1) is 0 Å². The Morgan fingerprint density at radius 3 is 1.71 bits per heavy atom. The van der Waals surface area contributed by atoms with E-state index < -0.39 is 0 Å². The summed E-state index contributed by atoms with van der Waals surface area (Å²) in [6, 6.07) is 73.8. The average molecular weight is 703 g/mol. The number of hydrogen-bond donors (Lipinski definition) is 0. The minimum absolute atomic E-state index is 0.898. The number of rotatable bonds is 6. The number of furan rings is 1. The Labute approximate surface area is 318 Å². The van der Waals surface area contributed by atoms with Gasteiger partial charge >= 0.3 is 0 Å². The summed E-state index contributed by atoms with van der Waals surface area (Å²) in [6.45, 7) is 0. The van der Waals surface area contributed by atoms with Crippen molar-refractivity contribution in [2.24, 2.45) is 0 Å². The molecule has 11 aromatic rings. The highest BCUT2D eigenvalue weighted by Gasteiger charge is 2.20. The third-order valence-electron chi connectivity index (χ3n) is 11.0. The molecule has 0 aliphatic carbocycles. The molecular formula is C52H34N2O. The molecule has 0 aliphatic rings. The van der Waals surface area contributed by atoms with Crippen molar-refractivity contribution >= 4 is 71.6 Å². The van der Waals surface area contributed by atoms with Gasteiger partial charge in [-0.05, 0) is 88.8 Å². The average Bonchev–Trinajstić information content (AvgIpc) is 3.81. The van der Waals surface area contributed by atoms with Crippen LogP contribution in [0.25, 0.3) is 82.5 Å². The highest BCUT2D eigenvalue weighted by molar-refractivity contribution is 6.19. The standard InChI is InChI=1S/C52H34N2O/c1-2-13-35(14-3-1)41-16-6-9-21-47(41)53(39-30-32-40(33-31-39)54-48-22-10-7-18-44(48)45-19-8-11-23-49(45)54)38-28-25-37(26-29-38)42-20-12-24-50-51(42)46-34-27-36-15-4-5-17-43(36)52(46)55-50/h1-34H. The lowest BCUT2D eigenvalue weighted by Gasteiger charge is -2.28. The molecule has 258 valence electrons. The number of hydrogen-bond acceptors (Lipinski definition) is 2. The lowest BCUT2D eigenvalue weighted by molar-refractivity contribution is 0.673. The van der Waals surface area contributed by atoms with Gasteiger partial charge in [0.2, 0.25) is 0 Å². The first kappa shape index (κ1) is 31.2. The number of nitrogens with zero attached hydrogens (tertiary/aromatic N) is 2. The van der Waals surface area contributed by atoms with Gasteiger partial charge in [0.25, 0.3) is 0 Å². The molecule has 0 radical (unpaired) electrons. The van der Waals surface area contributed by atoms with E-state index in [9.17, 15) is 0 Å². The van der Waals surface area contributed by atoms with E-state index in [1.165, 1.54) is 38.3 Å². The Kier molecular flexibility index (Phi) is 7.17. The van der Waals surface area contributed by atoms with Crippen LogP contribution in [0.15, 0.2) is 211 Å². The quantitative estimate of drug-likeness (QED) is 0.172. The fraction of sp³-hybridized carbons (Fsp3) is 0. The van der Waals surface area contributed by atoms with Crippen LogP contribution in [0, 0.1) is 0 Å². The van der Waals surface area contributed by atoms with Gasteiger partial charge in [-0.1, -0.05) is 140 Å². The summed E-state index contributed by atoms with van der Waals surface area (Å²) in [7, 11) is 0. The van der Waals surface area contributed by atoms with Crippen molar-refractivity contribution in [3.05, 3.63) is 206 Å². The molecule has 3 heteroatoms. The predicted molar refractivity (Wildman–Crippen MR) is 231 cm³/mol. The lowest BCUT2D eigenvalue weighted by atomic mass is 9.97. The molecule has 9 aromatic carbocycles. The molecule has 0 aliphatic heterocycles. The monoisotopic (exact) mass is 702 g/mol. The summed E-state index contributed by atoms with van der Waals surface area (Å²) in [5.74, 6) is 0. The van der Waals surface area contributed by atoms with E-state index in [0.29, 0.717) is 0 Å². The highest BCUT2D eigenvalue weighted by atomic mass is 16.3. The second-order valence-electron chi connectivity index (χ2n) is 14.1. The molecule has 0 atom stereocenters. The van der Waals surface area contributed by atoms with Gasteiger partial charge in [-0.2, -0.15) is 0 Å². The number of aromatic nitrogens is 1. The van der Waals surface area contributed by atoms with E-state index in [0.717, 1.165) is 61.2 Å². The van der Waals surface area contributed by atoms with Gasteiger partial charge in [0, 0.05) is 49.6 Å². The number of benzene rings is 9. The first-order valence-corrected chi connectivity index (χ1v) is 18.8. The summed E-state index contributed by atoms with van der Waals surface area (Å²) in [5, 5.41) is 7.10. The van der Waals surface area contributed by atoms with Crippen molar-refractivity contribution in [2.45, 2.75) is 0 Å². The first-order valence-electron chi connectivity index (χ1n) is 18.8. The molecule has 3 nitrogen and oxygen atoms in total. The van der Waals surface area contributed by atoms with Crippen LogP contribution in [0.4, 0.5) is 17.1 Å². The van der Waals surface area contributed by atoms with Crippen LogP contribution >= 0.6 is 0 Å². The zero-order valence-electron chi connectivity index (χ0n) is 29.9. The van der Waals surface area contributed by atoms with E-state index in [1.807, 2.05) is 0 Å². The van der Waals surface area contributed by atoms with Crippen LogP contribution in [0.2, 0.25) is 0 Å². The molecule has 2 aromatic heterocycles. The van der Waals surface area contributed by atoms with Crippen LogP contribution in [0.1, 0.15) is 0 Å². The Morgan fingerprint density at radius 2 is 0.964 bits per heavy atom. The van der Waals surface area contributed by atoms with Crippen molar-refractivity contribution < 1.29 is 4.42 Å². The number of anilines is 3. The lowest BCUT2D eigenvalue weighted by Crippen LogP contribution is -2.11. The normalized spacial score (nSPS) is 11.6. The maximum atomic E-state index is 6.53. The fourth-order valence-electron chi connectivity index (χ4n) is 8.49. The molecule has 0 spiro atoms. The van der Waals surface area contributed by atoms with E-state index in [2.05, 4.69) is 216 Å². The Balaban J connectivity index is 1.05. The minimum atomic E-state index is 0.898.